The molecule has 1 saturated heterocycles. The largest absolute Gasteiger partial charge is 0.507 e. The number of carbonyl (C=O) groups excluding carboxylic acids is 3. The lowest BCUT2D eigenvalue weighted by molar-refractivity contribution is -0.132. The first-order valence-corrected chi connectivity index (χ1v) is 13.7. The van der Waals surface area contributed by atoms with Crippen LogP contribution in [0.15, 0.2) is 78.4 Å². The SMILES string of the molecule is CCCCCOc1ccc(/C(O)=C2\C(=O)C(=O)N(c3ccc(C(=O)OCCC)cc3)C2c2cccc(C)c2)cc1. The molecule has 4 rings (SSSR count). The molecule has 3 aromatic rings. The lowest BCUT2D eigenvalue weighted by atomic mass is 9.94. The van der Waals surface area contributed by atoms with Crippen molar-refractivity contribution in [3.8, 4) is 5.75 Å². The summed E-state index contributed by atoms with van der Waals surface area (Å²) in [5, 5.41) is 11.4. The summed E-state index contributed by atoms with van der Waals surface area (Å²) in [6, 6.07) is 19.8. The van der Waals surface area contributed by atoms with Gasteiger partial charge in [0.05, 0.1) is 30.4 Å². The normalized spacial score (nSPS) is 16.3. The molecule has 0 spiro atoms. The molecule has 7 nitrogen and oxygen atoms in total. The van der Waals surface area contributed by atoms with Gasteiger partial charge in [0.25, 0.3) is 11.7 Å². The highest BCUT2D eigenvalue weighted by Gasteiger charge is 2.47. The van der Waals surface area contributed by atoms with Gasteiger partial charge in [0.15, 0.2) is 0 Å². The number of hydrogen-bond acceptors (Lipinski definition) is 6. The molecule has 1 atom stereocenters. The standard InChI is InChI=1S/C33H35NO6/c1-4-6-7-20-39-27-17-13-23(14-18-27)30(35)28-29(25-10-8-9-22(3)21-25)34(32(37)31(28)36)26-15-11-24(12-16-26)33(38)40-19-5-2/h8-18,21,29,35H,4-7,19-20H2,1-3H3/b30-28+. The highest BCUT2D eigenvalue weighted by Crippen LogP contribution is 2.42. The van der Waals surface area contributed by atoms with Gasteiger partial charge in [-0.05, 0) is 73.9 Å². The van der Waals surface area contributed by atoms with Crippen molar-refractivity contribution in [2.75, 3.05) is 18.1 Å². The number of ether oxygens (including phenoxy) is 2. The smallest absolute Gasteiger partial charge is 0.338 e. The zero-order chi connectivity index (χ0) is 28.6. The van der Waals surface area contributed by atoms with E-state index in [2.05, 4.69) is 6.92 Å². The topological polar surface area (TPSA) is 93.1 Å². The van der Waals surface area contributed by atoms with Crippen molar-refractivity contribution in [2.45, 2.75) is 52.5 Å². The first-order chi connectivity index (χ1) is 19.3. The number of nitrogens with zero attached hydrogens (tertiary/aromatic N) is 1. The summed E-state index contributed by atoms with van der Waals surface area (Å²) in [6.07, 6.45) is 3.85. The minimum absolute atomic E-state index is 0.00125. The summed E-state index contributed by atoms with van der Waals surface area (Å²) in [6.45, 7) is 6.88. The van der Waals surface area contributed by atoms with E-state index >= 15 is 0 Å². The molecule has 0 bridgehead atoms. The van der Waals surface area contributed by atoms with E-state index in [1.54, 1.807) is 48.5 Å². The van der Waals surface area contributed by atoms with E-state index in [0.29, 0.717) is 47.8 Å². The fourth-order valence-electron chi connectivity index (χ4n) is 4.70. The maximum absolute atomic E-state index is 13.4. The Morgan fingerprint density at radius 1 is 0.875 bits per heavy atom. The van der Waals surface area contributed by atoms with Gasteiger partial charge in [0, 0.05) is 11.3 Å². The molecule has 0 radical (unpaired) electrons. The lowest BCUT2D eigenvalue weighted by Crippen LogP contribution is -2.29. The average Bonchev–Trinajstić information content (AvgIpc) is 3.24. The quantitative estimate of drug-likeness (QED) is 0.0948. The Labute approximate surface area is 235 Å². The minimum atomic E-state index is -0.859. The highest BCUT2D eigenvalue weighted by molar-refractivity contribution is 6.51. The van der Waals surface area contributed by atoms with Crippen LogP contribution >= 0.6 is 0 Å². The van der Waals surface area contributed by atoms with Crippen LogP contribution in [0.4, 0.5) is 5.69 Å². The second kappa shape index (κ2) is 13.1. The molecule has 3 aromatic carbocycles. The van der Waals surface area contributed by atoms with E-state index in [1.165, 1.54) is 4.90 Å². The third-order valence-corrected chi connectivity index (χ3v) is 6.77. The van der Waals surface area contributed by atoms with Crippen molar-refractivity contribution in [3.05, 3.63) is 101 Å². The van der Waals surface area contributed by atoms with E-state index in [0.717, 1.165) is 24.8 Å². The third kappa shape index (κ3) is 6.25. The Hall–Kier alpha value is -4.39. The number of aliphatic hydroxyl groups is 1. The molecule has 0 aliphatic carbocycles. The van der Waals surface area contributed by atoms with Crippen LogP contribution in [0, 0.1) is 6.92 Å². The molecule has 1 amide bonds. The summed E-state index contributed by atoms with van der Waals surface area (Å²) in [5.41, 5.74) is 2.81. The number of rotatable bonds is 11. The number of carbonyl (C=O) groups is 3. The molecular weight excluding hydrogens is 506 g/mol. The molecule has 1 unspecified atom stereocenters. The van der Waals surface area contributed by atoms with E-state index in [4.69, 9.17) is 9.47 Å². The Morgan fingerprint density at radius 2 is 1.57 bits per heavy atom. The first kappa shape index (κ1) is 28.6. The number of aliphatic hydroxyl groups excluding tert-OH is 1. The molecule has 1 aliphatic heterocycles. The number of esters is 1. The minimum Gasteiger partial charge on any atom is -0.507 e. The van der Waals surface area contributed by atoms with Gasteiger partial charge in [-0.1, -0.05) is 56.5 Å². The molecule has 208 valence electrons. The monoisotopic (exact) mass is 541 g/mol. The van der Waals surface area contributed by atoms with Gasteiger partial charge in [-0.2, -0.15) is 0 Å². The average molecular weight is 542 g/mol. The summed E-state index contributed by atoms with van der Waals surface area (Å²) in [7, 11) is 0. The Bertz CT molecular complexity index is 1390. The van der Waals surface area contributed by atoms with Crippen molar-refractivity contribution in [2.24, 2.45) is 0 Å². The van der Waals surface area contributed by atoms with E-state index in [9.17, 15) is 19.5 Å². The number of benzene rings is 3. The van der Waals surface area contributed by atoms with Gasteiger partial charge in [0.2, 0.25) is 0 Å². The Balaban J connectivity index is 1.72. The third-order valence-electron chi connectivity index (χ3n) is 6.77. The van der Waals surface area contributed by atoms with Crippen molar-refractivity contribution < 1.29 is 29.0 Å². The fraction of sp³-hybridized carbons (Fsp3) is 0.303. The zero-order valence-corrected chi connectivity index (χ0v) is 23.2. The molecular formula is C33H35NO6. The van der Waals surface area contributed by atoms with Crippen LogP contribution in [0.1, 0.15) is 72.6 Å². The lowest BCUT2D eigenvalue weighted by Gasteiger charge is -2.26. The van der Waals surface area contributed by atoms with E-state index in [-0.39, 0.29) is 11.3 Å². The number of ketones is 1. The van der Waals surface area contributed by atoms with Gasteiger partial charge in [0.1, 0.15) is 11.5 Å². The maximum atomic E-state index is 13.4. The summed E-state index contributed by atoms with van der Waals surface area (Å²) < 4.78 is 11.0. The summed E-state index contributed by atoms with van der Waals surface area (Å²) in [5.74, 6) is -1.59. The van der Waals surface area contributed by atoms with Crippen LogP contribution in [-0.4, -0.2) is 36.0 Å². The van der Waals surface area contributed by atoms with Crippen molar-refractivity contribution >= 4 is 29.1 Å². The second-order valence-electron chi connectivity index (χ2n) is 9.85. The summed E-state index contributed by atoms with van der Waals surface area (Å²) >= 11 is 0. The Kier molecular flexibility index (Phi) is 9.38. The molecule has 40 heavy (non-hydrogen) atoms. The van der Waals surface area contributed by atoms with Crippen molar-refractivity contribution in [1.82, 2.24) is 0 Å². The number of unbranched alkanes of at least 4 members (excludes halogenated alkanes) is 2. The second-order valence-corrected chi connectivity index (χ2v) is 9.85. The maximum Gasteiger partial charge on any atom is 0.338 e. The van der Waals surface area contributed by atoms with Gasteiger partial charge in [-0.15, -0.1) is 0 Å². The first-order valence-electron chi connectivity index (χ1n) is 13.7. The van der Waals surface area contributed by atoms with E-state index in [1.807, 2.05) is 38.1 Å². The number of amides is 1. The van der Waals surface area contributed by atoms with E-state index < -0.39 is 23.7 Å². The molecule has 1 N–H and O–H groups in total. The summed E-state index contributed by atoms with van der Waals surface area (Å²) in [4.78, 5) is 40.5. The predicted octanol–water partition coefficient (Wildman–Crippen LogP) is 6.76. The number of anilines is 1. The van der Waals surface area contributed by atoms with Gasteiger partial charge in [-0.3, -0.25) is 14.5 Å². The zero-order valence-electron chi connectivity index (χ0n) is 23.2. The molecule has 0 aromatic heterocycles. The number of aryl methyl sites for hydroxylation is 1. The van der Waals surface area contributed by atoms with Crippen LogP contribution in [0.5, 0.6) is 5.75 Å². The van der Waals surface area contributed by atoms with Crippen molar-refractivity contribution in [1.29, 1.82) is 0 Å². The molecule has 0 saturated carbocycles. The van der Waals surface area contributed by atoms with Gasteiger partial charge < -0.3 is 14.6 Å². The predicted molar refractivity (Wildman–Crippen MR) is 154 cm³/mol. The van der Waals surface area contributed by atoms with Crippen LogP contribution in [-0.2, 0) is 14.3 Å². The van der Waals surface area contributed by atoms with Crippen LogP contribution in [0.25, 0.3) is 5.76 Å². The number of hydrogen-bond donors (Lipinski definition) is 1. The fourth-order valence-corrected chi connectivity index (χ4v) is 4.70. The molecule has 1 heterocycles. The van der Waals surface area contributed by atoms with Crippen LogP contribution in [0.2, 0.25) is 0 Å². The molecule has 1 fully saturated rings. The Morgan fingerprint density at radius 3 is 2.23 bits per heavy atom. The number of Topliss-reactive ketones (excluding diaryl/α,β-unsaturated/α-hetero) is 1. The van der Waals surface area contributed by atoms with Crippen molar-refractivity contribution in [3.63, 3.8) is 0 Å². The highest BCUT2D eigenvalue weighted by atomic mass is 16.5. The van der Waals surface area contributed by atoms with Crippen LogP contribution in [0.3, 0.4) is 0 Å². The van der Waals surface area contributed by atoms with Gasteiger partial charge in [-0.25, -0.2) is 4.79 Å². The molecule has 7 heteroatoms. The molecule has 1 aliphatic rings. The van der Waals surface area contributed by atoms with Crippen LogP contribution < -0.4 is 9.64 Å². The van der Waals surface area contributed by atoms with Gasteiger partial charge >= 0.3 is 5.97 Å².